The molecule has 0 aliphatic rings. The van der Waals surface area contributed by atoms with Crippen molar-refractivity contribution in [3.8, 4) is 5.69 Å². The number of aromatic nitrogens is 2. The van der Waals surface area contributed by atoms with Crippen molar-refractivity contribution in [2.24, 2.45) is 5.92 Å². The smallest absolute Gasteiger partial charge is 0.358 e. The van der Waals surface area contributed by atoms with E-state index in [1.807, 2.05) is 12.1 Å². The minimum Gasteiger partial charge on any atom is -0.461 e. The molecule has 0 aliphatic heterocycles. The van der Waals surface area contributed by atoms with Gasteiger partial charge in [-0.1, -0.05) is 26.3 Å². The van der Waals surface area contributed by atoms with E-state index in [1.54, 1.807) is 29.1 Å². The summed E-state index contributed by atoms with van der Waals surface area (Å²) in [5.74, 6) is -0.0180. The van der Waals surface area contributed by atoms with E-state index in [2.05, 4.69) is 18.9 Å². The Labute approximate surface area is 124 Å². The summed E-state index contributed by atoms with van der Waals surface area (Å²) in [4.78, 5) is 11.9. The lowest BCUT2D eigenvalue weighted by Gasteiger charge is -2.09. The zero-order valence-corrected chi connectivity index (χ0v) is 12.5. The van der Waals surface area contributed by atoms with Gasteiger partial charge >= 0.3 is 5.97 Å². The number of nitrogen functional groups attached to an aromatic ring is 1. The standard InChI is InChI=1S/C16H21N3O2/c1-3-5-12(2)11-21-16(20)15-8-9-19(18-15)14-7-4-6-13(17)10-14/h4,6-10,12H,3,5,11,17H2,1-2H3. The Kier molecular flexibility index (Phi) is 4.98. The molecule has 1 heterocycles. The molecule has 112 valence electrons. The normalized spacial score (nSPS) is 12.1. The highest BCUT2D eigenvalue weighted by atomic mass is 16.5. The average molecular weight is 287 g/mol. The number of hydrogen-bond donors (Lipinski definition) is 1. The van der Waals surface area contributed by atoms with Gasteiger partial charge in [-0.3, -0.25) is 0 Å². The van der Waals surface area contributed by atoms with Crippen molar-refractivity contribution >= 4 is 11.7 Å². The Morgan fingerprint density at radius 1 is 1.43 bits per heavy atom. The zero-order valence-electron chi connectivity index (χ0n) is 12.5. The predicted molar refractivity (Wildman–Crippen MR) is 82.3 cm³/mol. The van der Waals surface area contributed by atoms with Crippen molar-refractivity contribution < 1.29 is 9.53 Å². The number of rotatable bonds is 6. The molecule has 0 saturated carbocycles. The van der Waals surface area contributed by atoms with Crippen LogP contribution in [0.25, 0.3) is 5.69 Å². The molecule has 0 fully saturated rings. The Bertz CT molecular complexity index is 607. The molecule has 2 aromatic rings. The number of nitrogens with zero attached hydrogens (tertiary/aromatic N) is 2. The van der Waals surface area contributed by atoms with Crippen molar-refractivity contribution in [2.75, 3.05) is 12.3 Å². The Hall–Kier alpha value is -2.30. The quantitative estimate of drug-likeness (QED) is 0.655. The molecule has 1 aromatic heterocycles. The van der Waals surface area contributed by atoms with Gasteiger partial charge < -0.3 is 10.5 Å². The Morgan fingerprint density at radius 2 is 2.24 bits per heavy atom. The summed E-state index contributed by atoms with van der Waals surface area (Å²) in [6.45, 7) is 4.62. The van der Waals surface area contributed by atoms with Gasteiger partial charge in [-0.2, -0.15) is 5.10 Å². The first-order valence-corrected chi connectivity index (χ1v) is 7.19. The van der Waals surface area contributed by atoms with Gasteiger partial charge in [0.15, 0.2) is 5.69 Å². The van der Waals surface area contributed by atoms with E-state index in [0.717, 1.165) is 18.5 Å². The number of ether oxygens (including phenoxy) is 1. The molecule has 0 aliphatic carbocycles. The maximum atomic E-state index is 11.9. The molecule has 0 radical (unpaired) electrons. The van der Waals surface area contributed by atoms with Gasteiger partial charge in [0.1, 0.15) is 0 Å². The average Bonchev–Trinajstić information content (AvgIpc) is 2.95. The minimum atomic E-state index is -0.388. The van der Waals surface area contributed by atoms with Crippen LogP contribution in [-0.2, 0) is 4.74 Å². The fourth-order valence-electron chi connectivity index (χ4n) is 2.11. The predicted octanol–water partition coefficient (Wildman–Crippen LogP) is 3.05. The lowest BCUT2D eigenvalue weighted by molar-refractivity contribution is 0.0436. The molecule has 2 rings (SSSR count). The number of hydrogen-bond acceptors (Lipinski definition) is 4. The number of carbonyl (C=O) groups is 1. The number of benzene rings is 1. The van der Waals surface area contributed by atoms with Crippen molar-refractivity contribution in [3.63, 3.8) is 0 Å². The fraction of sp³-hybridized carbons (Fsp3) is 0.375. The molecule has 0 amide bonds. The first-order valence-electron chi connectivity index (χ1n) is 7.19. The molecule has 21 heavy (non-hydrogen) atoms. The number of esters is 1. The van der Waals surface area contributed by atoms with E-state index in [9.17, 15) is 4.79 Å². The zero-order chi connectivity index (χ0) is 15.2. The third-order valence-electron chi connectivity index (χ3n) is 3.21. The largest absolute Gasteiger partial charge is 0.461 e. The van der Waals surface area contributed by atoms with Gasteiger partial charge in [0.2, 0.25) is 0 Å². The number of carbonyl (C=O) groups excluding carboxylic acids is 1. The summed E-state index contributed by atoms with van der Waals surface area (Å²) in [5.41, 5.74) is 7.51. The topological polar surface area (TPSA) is 70.1 Å². The summed E-state index contributed by atoms with van der Waals surface area (Å²) in [6, 6.07) is 8.97. The van der Waals surface area contributed by atoms with Crippen LogP contribution in [0.15, 0.2) is 36.5 Å². The molecule has 5 nitrogen and oxygen atoms in total. The second-order valence-electron chi connectivity index (χ2n) is 5.23. The summed E-state index contributed by atoms with van der Waals surface area (Å²) >= 11 is 0. The fourth-order valence-corrected chi connectivity index (χ4v) is 2.11. The molecule has 2 N–H and O–H groups in total. The van der Waals surface area contributed by atoms with E-state index >= 15 is 0 Å². The van der Waals surface area contributed by atoms with Crippen LogP contribution in [-0.4, -0.2) is 22.4 Å². The van der Waals surface area contributed by atoms with E-state index < -0.39 is 0 Å². The molecule has 5 heteroatoms. The highest BCUT2D eigenvalue weighted by Gasteiger charge is 2.13. The van der Waals surface area contributed by atoms with Crippen molar-refractivity contribution in [1.82, 2.24) is 9.78 Å². The van der Waals surface area contributed by atoms with E-state index in [-0.39, 0.29) is 5.97 Å². The second kappa shape index (κ2) is 6.92. The highest BCUT2D eigenvalue weighted by molar-refractivity contribution is 5.87. The van der Waals surface area contributed by atoms with Crippen molar-refractivity contribution in [2.45, 2.75) is 26.7 Å². The molecule has 1 unspecified atom stereocenters. The van der Waals surface area contributed by atoms with Gasteiger partial charge in [-0.25, -0.2) is 9.48 Å². The van der Waals surface area contributed by atoms with E-state index in [4.69, 9.17) is 10.5 Å². The third-order valence-corrected chi connectivity index (χ3v) is 3.21. The molecule has 0 saturated heterocycles. The van der Waals surface area contributed by atoms with Crippen molar-refractivity contribution in [3.05, 3.63) is 42.2 Å². The van der Waals surface area contributed by atoms with Crippen LogP contribution in [0.2, 0.25) is 0 Å². The Balaban J connectivity index is 2.01. The monoisotopic (exact) mass is 287 g/mol. The number of nitrogens with two attached hydrogens (primary N) is 1. The van der Waals surface area contributed by atoms with Crippen LogP contribution >= 0.6 is 0 Å². The summed E-state index contributed by atoms with van der Waals surface area (Å²) in [7, 11) is 0. The molecule has 1 atom stereocenters. The van der Waals surface area contributed by atoms with Crippen LogP contribution in [0.3, 0.4) is 0 Å². The minimum absolute atomic E-state index is 0.307. The van der Waals surface area contributed by atoms with Gasteiger partial charge in [0.05, 0.1) is 12.3 Å². The van der Waals surface area contributed by atoms with Crippen LogP contribution < -0.4 is 5.73 Å². The second-order valence-corrected chi connectivity index (χ2v) is 5.23. The van der Waals surface area contributed by atoms with Crippen LogP contribution in [0.5, 0.6) is 0 Å². The SMILES string of the molecule is CCCC(C)COC(=O)c1ccn(-c2cccc(N)c2)n1. The lowest BCUT2D eigenvalue weighted by Crippen LogP contribution is -2.13. The maximum absolute atomic E-state index is 11.9. The van der Waals surface area contributed by atoms with Gasteiger partial charge in [-0.15, -0.1) is 0 Å². The first kappa shape index (κ1) is 15.1. The van der Waals surface area contributed by atoms with E-state index in [0.29, 0.717) is 23.9 Å². The molecule has 0 bridgehead atoms. The molecule has 1 aromatic carbocycles. The number of anilines is 1. The lowest BCUT2D eigenvalue weighted by atomic mass is 10.1. The van der Waals surface area contributed by atoms with Crippen LogP contribution in [0.1, 0.15) is 37.2 Å². The summed E-state index contributed by atoms with van der Waals surface area (Å²) in [5, 5.41) is 4.23. The molecular weight excluding hydrogens is 266 g/mol. The van der Waals surface area contributed by atoms with Crippen molar-refractivity contribution in [1.29, 1.82) is 0 Å². The molecular formula is C16H21N3O2. The first-order chi connectivity index (χ1) is 10.1. The van der Waals surface area contributed by atoms with Gasteiger partial charge in [0.25, 0.3) is 0 Å². The van der Waals surface area contributed by atoms with Gasteiger partial charge in [-0.05, 0) is 36.6 Å². The summed E-state index contributed by atoms with van der Waals surface area (Å²) < 4.78 is 6.89. The Morgan fingerprint density at radius 3 is 2.95 bits per heavy atom. The summed E-state index contributed by atoms with van der Waals surface area (Å²) in [6.07, 6.45) is 3.86. The van der Waals surface area contributed by atoms with E-state index in [1.165, 1.54) is 0 Å². The van der Waals surface area contributed by atoms with Gasteiger partial charge in [0, 0.05) is 11.9 Å². The maximum Gasteiger partial charge on any atom is 0.358 e. The van der Waals surface area contributed by atoms with Crippen LogP contribution in [0, 0.1) is 5.92 Å². The molecule has 0 spiro atoms. The van der Waals surface area contributed by atoms with Crippen LogP contribution in [0.4, 0.5) is 5.69 Å². The third kappa shape index (κ3) is 4.08. The highest BCUT2D eigenvalue weighted by Crippen LogP contribution is 2.12.